The Balaban J connectivity index is 1.74. The number of nitrogens with zero attached hydrogens (tertiary/aromatic N) is 1. The standard InChI is InChI=1S/C20H23FN2O3S/c1-15-10-11-16(13-18(15)21)14-22-20(24)19-9-5-6-12-23(19)27(25,26)17-7-3-2-4-8-17/h2-4,7-8,10-11,13,19H,5-6,9,12,14H2,1H3,(H,22,24). The van der Waals surface area contributed by atoms with Gasteiger partial charge in [-0.3, -0.25) is 4.79 Å². The summed E-state index contributed by atoms with van der Waals surface area (Å²) in [6.07, 6.45) is 1.98. The van der Waals surface area contributed by atoms with Crippen molar-refractivity contribution >= 4 is 15.9 Å². The summed E-state index contributed by atoms with van der Waals surface area (Å²) in [7, 11) is -3.74. The molecular weight excluding hydrogens is 367 g/mol. The number of amides is 1. The predicted octanol–water partition coefficient (Wildman–Crippen LogP) is 2.99. The van der Waals surface area contributed by atoms with Crippen LogP contribution in [0.15, 0.2) is 53.4 Å². The van der Waals surface area contributed by atoms with Gasteiger partial charge in [-0.25, -0.2) is 12.8 Å². The number of piperidine rings is 1. The van der Waals surface area contributed by atoms with Crippen LogP contribution < -0.4 is 5.32 Å². The van der Waals surface area contributed by atoms with Crippen LogP contribution in [0.25, 0.3) is 0 Å². The zero-order valence-electron chi connectivity index (χ0n) is 15.2. The van der Waals surface area contributed by atoms with Crippen molar-refractivity contribution in [1.82, 2.24) is 9.62 Å². The van der Waals surface area contributed by atoms with E-state index in [1.807, 2.05) is 0 Å². The highest BCUT2D eigenvalue weighted by molar-refractivity contribution is 7.89. The van der Waals surface area contributed by atoms with Crippen molar-refractivity contribution in [3.8, 4) is 0 Å². The van der Waals surface area contributed by atoms with Crippen LogP contribution >= 0.6 is 0 Å². The summed E-state index contributed by atoms with van der Waals surface area (Å²) < 4.78 is 40.9. The molecule has 0 bridgehead atoms. The molecule has 2 aromatic carbocycles. The SMILES string of the molecule is Cc1ccc(CNC(=O)C2CCCCN2S(=O)(=O)c2ccccc2)cc1F. The Labute approximate surface area is 159 Å². The zero-order chi connectivity index (χ0) is 19.4. The van der Waals surface area contributed by atoms with Gasteiger partial charge in [0, 0.05) is 13.1 Å². The van der Waals surface area contributed by atoms with E-state index in [0.717, 1.165) is 12.8 Å². The average Bonchev–Trinajstić information content (AvgIpc) is 2.69. The lowest BCUT2D eigenvalue weighted by atomic mass is 10.0. The van der Waals surface area contributed by atoms with Crippen molar-refractivity contribution in [3.05, 3.63) is 65.5 Å². The van der Waals surface area contributed by atoms with E-state index in [2.05, 4.69) is 5.32 Å². The Morgan fingerprint density at radius 2 is 1.93 bits per heavy atom. The minimum atomic E-state index is -3.74. The molecule has 0 aromatic heterocycles. The van der Waals surface area contributed by atoms with E-state index in [1.165, 1.54) is 22.5 Å². The molecule has 1 saturated heterocycles. The number of sulfonamides is 1. The van der Waals surface area contributed by atoms with Gasteiger partial charge >= 0.3 is 0 Å². The molecule has 1 unspecified atom stereocenters. The van der Waals surface area contributed by atoms with Gasteiger partial charge in [0.25, 0.3) is 0 Å². The highest BCUT2D eigenvalue weighted by Gasteiger charge is 2.37. The first kappa shape index (κ1) is 19.5. The number of benzene rings is 2. The van der Waals surface area contributed by atoms with Crippen LogP contribution in [-0.4, -0.2) is 31.2 Å². The normalized spacial score (nSPS) is 18.2. The number of carbonyl (C=O) groups excluding carboxylic acids is 1. The van der Waals surface area contributed by atoms with Gasteiger partial charge in [-0.1, -0.05) is 36.8 Å². The van der Waals surface area contributed by atoms with E-state index in [4.69, 9.17) is 0 Å². The van der Waals surface area contributed by atoms with Gasteiger partial charge in [0.15, 0.2) is 0 Å². The van der Waals surface area contributed by atoms with Gasteiger partial charge in [-0.15, -0.1) is 0 Å². The Morgan fingerprint density at radius 3 is 2.63 bits per heavy atom. The molecule has 1 aliphatic rings. The molecule has 1 fully saturated rings. The molecule has 7 heteroatoms. The maximum Gasteiger partial charge on any atom is 0.243 e. The van der Waals surface area contributed by atoms with E-state index >= 15 is 0 Å². The fourth-order valence-electron chi connectivity index (χ4n) is 3.24. The highest BCUT2D eigenvalue weighted by Crippen LogP contribution is 2.25. The van der Waals surface area contributed by atoms with E-state index < -0.39 is 16.1 Å². The summed E-state index contributed by atoms with van der Waals surface area (Å²) in [5, 5.41) is 2.76. The lowest BCUT2D eigenvalue weighted by Crippen LogP contribution is -2.51. The third-order valence-corrected chi connectivity index (χ3v) is 6.73. The topological polar surface area (TPSA) is 66.5 Å². The molecule has 144 valence electrons. The molecule has 3 rings (SSSR count). The van der Waals surface area contributed by atoms with Crippen LogP contribution in [-0.2, 0) is 21.4 Å². The fourth-order valence-corrected chi connectivity index (χ4v) is 4.91. The van der Waals surface area contributed by atoms with Crippen LogP contribution in [0.5, 0.6) is 0 Å². The van der Waals surface area contributed by atoms with Crippen molar-refractivity contribution in [2.24, 2.45) is 0 Å². The summed E-state index contributed by atoms with van der Waals surface area (Å²) in [6, 6.07) is 12.2. The van der Waals surface area contributed by atoms with Gasteiger partial charge in [0.05, 0.1) is 4.90 Å². The number of rotatable bonds is 5. The fraction of sp³-hybridized carbons (Fsp3) is 0.350. The highest BCUT2D eigenvalue weighted by atomic mass is 32.2. The van der Waals surface area contributed by atoms with E-state index in [0.29, 0.717) is 24.1 Å². The van der Waals surface area contributed by atoms with Crippen LogP contribution in [0.2, 0.25) is 0 Å². The smallest absolute Gasteiger partial charge is 0.243 e. The number of aryl methyl sites for hydroxylation is 1. The van der Waals surface area contributed by atoms with Crippen LogP contribution in [0.4, 0.5) is 4.39 Å². The number of nitrogens with one attached hydrogen (secondary N) is 1. The molecule has 1 heterocycles. The van der Waals surface area contributed by atoms with Gasteiger partial charge in [0.2, 0.25) is 15.9 Å². The van der Waals surface area contributed by atoms with E-state index in [9.17, 15) is 17.6 Å². The largest absolute Gasteiger partial charge is 0.351 e. The minimum absolute atomic E-state index is 0.158. The summed E-state index contributed by atoms with van der Waals surface area (Å²) in [4.78, 5) is 12.9. The third kappa shape index (κ3) is 4.36. The first-order valence-corrected chi connectivity index (χ1v) is 10.4. The van der Waals surface area contributed by atoms with Crippen LogP contribution in [0.3, 0.4) is 0 Å². The predicted molar refractivity (Wildman–Crippen MR) is 101 cm³/mol. The summed E-state index contributed by atoms with van der Waals surface area (Å²) in [5.41, 5.74) is 1.18. The molecule has 0 saturated carbocycles. The second-order valence-corrected chi connectivity index (χ2v) is 8.63. The van der Waals surface area contributed by atoms with E-state index in [-0.39, 0.29) is 23.2 Å². The zero-order valence-corrected chi connectivity index (χ0v) is 16.0. The average molecular weight is 390 g/mol. The minimum Gasteiger partial charge on any atom is -0.351 e. The lowest BCUT2D eigenvalue weighted by Gasteiger charge is -2.33. The van der Waals surface area contributed by atoms with Gasteiger partial charge in [-0.2, -0.15) is 4.31 Å². The number of hydrogen-bond acceptors (Lipinski definition) is 3. The monoisotopic (exact) mass is 390 g/mol. The molecule has 27 heavy (non-hydrogen) atoms. The van der Waals surface area contributed by atoms with Crippen molar-refractivity contribution in [1.29, 1.82) is 0 Å². The molecule has 0 radical (unpaired) electrons. The molecule has 0 aliphatic carbocycles. The third-order valence-electron chi connectivity index (χ3n) is 4.81. The second kappa shape index (κ2) is 8.19. The quantitative estimate of drug-likeness (QED) is 0.854. The number of carbonyl (C=O) groups is 1. The van der Waals surface area contributed by atoms with Crippen molar-refractivity contribution in [3.63, 3.8) is 0 Å². The van der Waals surface area contributed by atoms with Crippen molar-refractivity contribution < 1.29 is 17.6 Å². The first-order chi connectivity index (χ1) is 12.9. The molecule has 1 atom stereocenters. The Morgan fingerprint density at radius 1 is 1.19 bits per heavy atom. The van der Waals surface area contributed by atoms with Crippen molar-refractivity contribution in [2.45, 2.75) is 43.7 Å². The van der Waals surface area contributed by atoms with Crippen LogP contribution in [0, 0.1) is 12.7 Å². The summed E-state index contributed by atoms with van der Waals surface area (Å²) >= 11 is 0. The van der Waals surface area contributed by atoms with Gasteiger partial charge < -0.3 is 5.32 Å². The first-order valence-electron chi connectivity index (χ1n) is 8.99. The lowest BCUT2D eigenvalue weighted by molar-refractivity contribution is -0.125. The second-order valence-electron chi connectivity index (χ2n) is 6.74. The molecule has 5 nitrogen and oxygen atoms in total. The van der Waals surface area contributed by atoms with Crippen LogP contribution in [0.1, 0.15) is 30.4 Å². The van der Waals surface area contributed by atoms with Gasteiger partial charge in [0.1, 0.15) is 11.9 Å². The van der Waals surface area contributed by atoms with Gasteiger partial charge in [-0.05, 0) is 49.1 Å². The molecular formula is C20H23FN2O3S. The maximum absolute atomic E-state index is 13.7. The Bertz CT molecular complexity index is 916. The summed E-state index contributed by atoms with van der Waals surface area (Å²) in [5.74, 6) is -0.678. The van der Waals surface area contributed by atoms with Crippen molar-refractivity contribution in [2.75, 3.05) is 6.54 Å². The Kier molecular flexibility index (Phi) is 5.92. The number of halogens is 1. The molecule has 2 aromatic rings. The summed E-state index contributed by atoms with van der Waals surface area (Å²) in [6.45, 7) is 2.15. The molecule has 1 aliphatic heterocycles. The molecule has 0 spiro atoms. The molecule has 1 N–H and O–H groups in total. The maximum atomic E-state index is 13.7. The molecule has 1 amide bonds. The number of hydrogen-bond donors (Lipinski definition) is 1. The Hall–Kier alpha value is -2.25. The van der Waals surface area contributed by atoms with E-state index in [1.54, 1.807) is 37.3 Å².